The first-order chi connectivity index (χ1) is 12.5. The van der Waals surface area contributed by atoms with Crippen LogP contribution in [-0.2, 0) is 0 Å². The first-order valence-electron chi connectivity index (χ1n) is 8.45. The van der Waals surface area contributed by atoms with Gasteiger partial charge in [-0.25, -0.2) is 4.98 Å². The third kappa shape index (κ3) is 3.04. The van der Waals surface area contributed by atoms with E-state index in [0.717, 1.165) is 28.1 Å². The summed E-state index contributed by atoms with van der Waals surface area (Å²) >= 11 is 0. The van der Waals surface area contributed by atoms with Gasteiger partial charge in [0.05, 0.1) is 36.8 Å². The highest BCUT2D eigenvalue weighted by Gasteiger charge is 2.35. The van der Waals surface area contributed by atoms with Crippen LogP contribution < -0.4 is 20.5 Å². The van der Waals surface area contributed by atoms with E-state index in [1.807, 2.05) is 26.8 Å². The monoisotopic (exact) mass is 350 g/mol. The minimum atomic E-state index is -0.202. The van der Waals surface area contributed by atoms with Gasteiger partial charge >= 0.3 is 0 Å². The summed E-state index contributed by atoms with van der Waals surface area (Å²) in [5, 5.41) is 12.5. The summed E-state index contributed by atoms with van der Waals surface area (Å²) in [4.78, 5) is 4.45. The molecule has 1 atom stereocenters. The molecule has 0 bridgehead atoms. The van der Waals surface area contributed by atoms with Gasteiger partial charge in [-0.05, 0) is 38.5 Å². The summed E-state index contributed by atoms with van der Waals surface area (Å²) in [5.74, 6) is 0.944. The van der Waals surface area contributed by atoms with E-state index in [-0.39, 0.29) is 5.92 Å². The van der Waals surface area contributed by atoms with Crippen LogP contribution in [0.5, 0.6) is 11.6 Å². The summed E-state index contributed by atoms with van der Waals surface area (Å²) in [5.41, 5.74) is 12.4. The minimum Gasteiger partial charge on any atom is -0.496 e. The number of aryl methyl sites for hydroxylation is 1. The Morgan fingerprint density at radius 1 is 1.35 bits per heavy atom. The molecule has 0 spiro atoms. The predicted octanol–water partition coefficient (Wildman–Crippen LogP) is 3.22. The van der Waals surface area contributed by atoms with E-state index in [0.29, 0.717) is 29.5 Å². The van der Waals surface area contributed by atoms with E-state index in [4.69, 9.17) is 15.2 Å². The summed E-state index contributed by atoms with van der Waals surface area (Å²) < 4.78 is 11.3. The third-order valence-electron chi connectivity index (χ3n) is 4.52. The van der Waals surface area contributed by atoms with Crippen molar-refractivity contribution in [3.05, 3.63) is 58.0 Å². The number of hydrogen-bond acceptors (Lipinski definition) is 6. The summed E-state index contributed by atoms with van der Waals surface area (Å²) in [6.07, 6.45) is 1.72. The Balaban J connectivity index is 2.25. The van der Waals surface area contributed by atoms with E-state index in [1.165, 1.54) is 0 Å². The number of methoxy groups -OCH3 is 1. The molecule has 0 amide bonds. The lowest BCUT2D eigenvalue weighted by atomic mass is 9.87. The fourth-order valence-electron chi connectivity index (χ4n) is 3.09. The second kappa shape index (κ2) is 6.96. The SMILES string of the molecule is CCOc1ncc(C)c(N)c1[C@H](C1=C(C)N1)c1ccc(C#N)cc1OC. The Bertz CT molecular complexity index is 928. The van der Waals surface area contributed by atoms with Crippen LogP contribution in [-0.4, -0.2) is 18.7 Å². The van der Waals surface area contributed by atoms with Crippen LogP contribution in [0.4, 0.5) is 5.69 Å². The van der Waals surface area contributed by atoms with Gasteiger partial charge in [-0.15, -0.1) is 0 Å². The number of benzene rings is 1. The van der Waals surface area contributed by atoms with E-state index in [1.54, 1.807) is 25.4 Å². The van der Waals surface area contributed by atoms with E-state index >= 15 is 0 Å². The standard InChI is InChI=1S/C20H22N4O2/c1-5-26-20-17(18(22)11(2)10-23-20)16(19-12(3)24-19)14-7-6-13(9-21)8-15(14)25-4/h6-8,10,16,24H,5H2,1-4H3,(H2,22,23)/t16-/m1/s1. The molecular weight excluding hydrogens is 328 g/mol. The summed E-state index contributed by atoms with van der Waals surface area (Å²) in [6, 6.07) is 7.56. The van der Waals surface area contributed by atoms with Crippen molar-refractivity contribution in [3.8, 4) is 17.7 Å². The molecule has 1 aromatic carbocycles. The van der Waals surface area contributed by atoms with Gasteiger partial charge in [0, 0.05) is 28.8 Å². The second-order valence-corrected chi connectivity index (χ2v) is 6.17. The molecule has 0 saturated heterocycles. The lowest BCUT2D eigenvalue weighted by Gasteiger charge is -2.22. The smallest absolute Gasteiger partial charge is 0.219 e. The number of nitrogens with zero attached hydrogens (tertiary/aromatic N) is 2. The summed E-state index contributed by atoms with van der Waals surface area (Å²) in [6.45, 7) is 6.35. The van der Waals surface area contributed by atoms with E-state index < -0.39 is 0 Å². The average Bonchev–Trinajstić information content (AvgIpc) is 3.37. The van der Waals surface area contributed by atoms with Gasteiger partial charge < -0.3 is 20.5 Å². The fraction of sp³-hybridized carbons (Fsp3) is 0.300. The Morgan fingerprint density at radius 3 is 2.65 bits per heavy atom. The van der Waals surface area contributed by atoms with Gasteiger partial charge in [0.15, 0.2) is 0 Å². The number of nitriles is 1. The van der Waals surface area contributed by atoms with Gasteiger partial charge in [0.1, 0.15) is 5.75 Å². The molecule has 26 heavy (non-hydrogen) atoms. The maximum Gasteiger partial charge on any atom is 0.219 e. The highest BCUT2D eigenvalue weighted by Crippen LogP contribution is 2.47. The molecule has 0 radical (unpaired) electrons. The Labute approximate surface area is 153 Å². The number of ether oxygens (including phenoxy) is 2. The molecule has 2 aromatic rings. The van der Waals surface area contributed by atoms with Crippen molar-refractivity contribution in [3.63, 3.8) is 0 Å². The zero-order chi connectivity index (χ0) is 18.8. The lowest BCUT2D eigenvalue weighted by molar-refractivity contribution is 0.322. The Kier molecular flexibility index (Phi) is 4.72. The van der Waals surface area contributed by atoms with Crippen molar-refractivity contribution in [1.29, 1.82) is 5.26 Å². The topological polar surface area (TPSA) is 103 Å². The van der Waals surface area contributed by atoms with Crippen LogP contribution in [0.2, 0.25) is 0 Å². The number of allylic oxidation sites excluding steroid dienone is 2. The van der Waals surface area contributed by atoms with Gasteiger partial charge in [0.25, 0.3) is 0 Å². The first-order valence-corrected chi connectivity index (χ1v) is 8.45. The molecule has 0 aliphatic carbocycles. The van der Waals surface area contributed by atoms with Gasteiger partial charge in [-0.2, -0.15) is 5.26 Å². The molecule has 1 aliphatic heterocycles. The van der Waals surface area contributed by atoms with E-state index in [9.17, 15) is 5.26 Å². The van der Waals surface area contributed by atoms with Crippen molar-refractivity contribution in [1.82, 2.24) is 10.3 Å². The number of nitrogen functional groups attached to an aromatic ring is 1. The summed E-state index contributed by atoms with van der Waals surface area (Å²) in [7, 11) is 1.60. The maximum absolute atomic E-state index is 9.19. The van der Waals surface area contributed by atoms with Crippen molar-refractivity contribution >= 4 is 5.69 Å². The second-order valence-electron chi connectivity index (χ2n) is 6.17. The quantitative estimate of drug-likeness (QED) is 0.829. The average molecular weight is 350 g/mol. The van der Waals surface area contributed by atoms with Crippen LogP contribution in [0.25, 0.3) is 0 Å². The molecule has 1 aliphatic rings. The van der Waals surface area contributed by atoms with Gasteiger partial charge in [0.2, 0.25) is 5.88 Å². The molecule has 0 saturated carbocycles. The highest BCUT2D eigenvalue weighted by molar-refractivity contribution is 5.66. The zero-order valence-corrected chi connectivity index (χ0v) is 15.4. The molecule has 0 unspecified atom stereocenters. The first kappa shape index (κ1) is 17.6. The molecule has 3 N–H and O–H groups in total. The van der Waals surface area contributed by atoms with Gasteiger partial charge in [-0.1, -0.05) is 6.07 Å². The van der Waals surface area contributed by atoms with Crippen LogP contribution in [0.1, 0.15) is 42.0 Å². The van der Waals surface area contributed by atoms with Gasteiger partial charge in [-0.3, -0.25) is 0 Å². The Hall–Kier alpha value is -3.20. The normalized spacial score (nSPS) is 13.7. The molecule has 2 heterocycles. The van der Waals surface area contributed by atoms with Crippen molar-refractivity contribution in [2.75, 3.05) is 19.5 Å². The largest absolute Gasteiger partial charge is 0.496 e. The fourth-order valence-corrected chi connectivity index (χ4v) is 3.09. The third-order valence-corrected chi connectivity index (χ3v) is 4.52. The minimum absolute atomic E-state index is 0.202. The number of nitrogens with two attached hydrogens (primary N) is 1. The zero-order valence-electron chi connectivity index (χ0n) is 15.4. The molecule has 6 nitrogen and oxygen atoms in total. The van der Waals surface area contributed by atoms with Crippen LogP contribution >= 0.6 is 0 Å². The molecule has 1 aromatic heterocycles. The Morgan fingerprint density at radius 2 is 2.08 bits per heavy atom. The number of pyridine rings is 1. The predicted molar refractivity (Wildman–Crippen MR) is 99.9 cm³/mol. The van der Waals surface area contributed by atoms with Crippen molar-refractivity contribution < 1.29 is 9.47 Å². The molecule has 134 valence electrons. The lowest BCUT2D eigenvalue weighted by Crippen LogP contribution is -2.13. The number of hydrogen-bond donors (Lipinski definition) is 2. The molecule has 3 rings (SSSR count). The maximum atomic E-state index is 9.19. The van der Waals surface area contributed by atoms with Crippen molar-refractivity contribution in [2.24, 2.45) is 0 Å². The highest BCUT2D eigenvalue weighted by atomic mass is 16.5. The van der Waals surface area contributed by atoms with Crippen LogP contribution in [0.15, 0.2) is 35.8 Å². The van der Waals surface area contributed by atoms with E-state index in [2.05, 4.69) is 16.4 Å². The van der Waals surface area contributed by atoms with Crippen LogP contribution in [0, 0.1) is 18.3 Å². The molecule has 6 heteroatoms. The molecule has 0 fully saturated rings. The number of anilines is 1. The number of rotatable bonds is 6. The number of nitrogens with one attached hydrogen (secondary N) is 1. The molecular formula is C20H22N4O2. The number of aromatic nitrogens is 1. The van der Waals surface area contributed by atoms with Crippen LogP contribution in [0.3, 0.4) is 0 Å². The van der Waals surface area contributed by atoms with Crippen molar-refractivity contribution in [2.45, 2.75) is 26.7 Å².